The van der Waals surface area contributed by atoms with Crippen LogP contribution in [0.15, 0.2) is 35.7 Å². The molecule has 4 nitrogen and oxygen atoms in total. The molecule has 0 aliphatic heterocycles. The number of carbonyl (C=O) groups is 2. The number of para-hydroxylation sites is 1. The molecule has 1 heterocycles. The Balaban J connectivity index is 2.13. The van der Waals surface area contributed by atoms with Gasteiger partial charge in [0, 0.05) is 0 Å². The van der Waals surface area contributed by atoms with Gasteiger partial charge in [0.05, 0.1) is 22.7 Å². The van der Waals surface area contributed by atoms with Crippen LogP contribution in [0.2, 0.25) is 0 Å². The predicted octanol–water partition coefficient (Wildman–Crippen LogP) is 4.27. The fourth-order valence-electron chi connectivity index (χ4n) is 1.94. The minimum atomic E-state index is -0.410. The predicted molar refractivity (Wildman–Crippen MR) is 88.6 cm³/mol. The van der Waals surface area contributed by atoms with E-state index in [9.17, 15) is 9.59 Å². The Morgan fingerprint density at radius 2 is 2.00 bits per heavy atom. The number of aryl methyl sites for hydroxylation is 1. The fraction of sp³-hybridized carbons (Fsp3) is 0.294. The normalized spacial score (nSPS) is 10.3. The standard InChI is InChI=1S/C17H19NO3S/c1-3-4-10-21-17(20)13-7-5-6-8-14(13)18-16(19)15-12(2)9-11-22-15/h5-9,11H,3-4,10H2,1-2H3,(H,18,19). The van der Waals surface area contributed by atoms with Crippen LogP contribution in [0.3, 0.4) is 0 Å². The number of hydrogen-bond acceptors (Lipinski definition) is 4. The summed E-state index contributed by atoms with van der Waals surface area (Å²) in [5.74, 6) is -0.617. The van der Waals surface area contributed by atoms with Crippen molar-refractivity contribution in [3.05, 3.63) is 51.7 Å². The minimum absolute atomic E-state index is 0.207. The van der Waals surface area contributed by atoms with Gasteiger partial charge in [-0.1, -0.05) is 25.5 Å². The zero-order chi connectivity index (χ0) is 15.9. The van der Waals surface area contributed by atoms with Crippen LogP contribution in [0.25, 0.3) is 0 Å². The van der Waals surface area contributed by atoms with Crippen molar-refractivity contribution in [2.24, 2.45) is 0 Å². The van der Waals surface area contributed by atoms with Gasteiger partial charge in [0.15, 0.2) is 0 Å². The molecule has 2 aromatic rings. The molecule has 0 aliphatic rings. The molecule has 5 heteroatoms. The van der Waals surface area contributed by atoms with Crippen LogP contribution in [0, 0.1) is 6.92 Å². The van der Waals surface area contributed by atoms with Crippen molar-refractivity contribution < 1.29 is 14.3 Å². The maximum absolute atomic E-state index is 12.3. The molecule has 0 aliphatic carbocycles. The Labute approximate surface area is 134 Å². The number of ether oxygens (including phenoxy) is 1. The first-order valence-electron chi connectivity index (χ1n) is 7.25. The molecule has 1 aromatic carbocycles. The van der Waals surface area contributed by atoms with Crippen molar-refractivity contribution in [2.45, 2.75) is 26.7 Å². The lowest BCUT2D eigenvalue weighted by Gasteiger charge is -2.10. The maximum Gasteiger partial charge on any atom is 0.340 e. The highest BCUT2D eigenvalue weighted by Gasteiger charge is 2.16. The van der Waals surface area contributed by atoms with Gasteiger partial charge in [-0.3, -0.25) is 4.79 Å². The van der Waals surface area contributed by atoms with E-state index in [-0.39, 0.29) is 5.91 Å². The molecule has 0 radical (unpaired) electrons. The molecule has 1 aromatic heterocycles. The molecular formula is C17H19NO3S. The van der Waals surface area contributed by atoms with Crippen LogP contribution in [-0.4, -0.2) is 18.5 Å². The van der Waals surface area contributed by atoms with Gasteiger partial charge in [0.25, 0.3) is 5.91 Å². The number of rotatable bonds is 6. The minimum Gasteiger partial charge on any atom is -0.462 e. The van der Waals surface area contributed by atoms with E-state index in [0.717, 1.165) is 18.4 Å². The summed E-state index contributed by atoms with van der Waals surface area (Å²) in [6, 6.07) is 8.79. The van der Waals surface area contributed by atoms with Gasteiger partial charge in [-0.25, -0.2) is 4.79 Å². The van der Waals surface area contributed by atoms with Crippen LogP contribution >= 0.6 is 11.3 Å². The molecular weight excluding hydrogens is 298 g/mol. The quantitative estimate of drug-likeness (QED) is 0.639. The van der Waals surface area contributed by atoms with Gasteiger partial charge < -0.3 is 10.1 Å². The molecule has 22 heavy (non-hydrogen) atoms. The van der Waals surface area contributed by atoms with E-state index in [1.165, 1.54) is 11.3 Å². The Bertz CT molecular complexity index is 663. The number of thiophene rings is 1. The second-order valence-corrected chi connectivity index (χ2v) is 5.84. The topological polar surface area (TPSA) is 55.4 Å². The van der Waals surface area contributed by atoms with Crippen LogP contribution in [0.1, 0.15) is 45.4 Å². The Kier molecular flexibility index (Phi) is 5.72. The monoisotopic (exact) mass is 317 g/mol. The van der Waals surface area contributed by atoms with E-state index in [0.29, 0.717) is 22.7 Å². The summed E-state index contributed by atoms with van der Waals surface area (Å²) in [4.78, 5) is 25.0. The van der Waals surface area contributed by atoms with Crippen molar-refractivity contribution in [1.29, 1.82) is 0 Å². The van der Waals surface area contributed by atoms with Gasteiger partial charge in [0.1, 0.15) is 0 Å². The lowest BCUT2D eigenvalue weighted by atomic mass is 10.1. The zero-order valence-corrected chi connectivity index (χ0v) is 13.5. The Morgan fingerprint density at radius 1 is 1.23 bits per heavy atom. The lowest BCUT2D eigenvalue weighted by molar-refractivity contribution is 0.0501. The summed E-state index contributed by atoms with van der Waals surface area (Å²) >= 11 is 1.38. The third kappa shape index (κ3) is 3.95. The summed E-state index contributed by atoms with van der Waals surface area (Å²) in [7, 11) is 0. The van der Waals surface area contributed by atoms with Gasteiger partial charge >= 0.3 is 5.97 Å². The summed E-state index contributed by atoms with van der Waals surface area (Å²) in [6.45, 7) is 4.31. The van der Waals surface area contributed by atoms with Crippen molar-refractivity contribution in [3.63, 3.8) is 0 Å². The fourth-order valence-corrected chi connectivity index (χ4v) is 2.76. The molecule has 1 N–H and O–H groups in total. The molecule has 0 fully saturated rings. The number of unbranched alkanes of at least 4 members (excludes halogenated alkanes) is 1. The van der Waals surface area contributed by atoms with E-state index in [2.05, 4.69) is 5.32 Å². The SMILES string of the molecule is CCCCOC(=O)c1ccccc1NC(=O)c1sccc1C. The summed E-state index contributed by atoms with van der Waals surface area (Å²) in [6.07, 6.45) is 1.79. The van der Waals surface area contributed by atoms with Crippen molar-refractivity contribution in [1.82, 2.24) is 0 Å². The van der Waals surface area contributed by atoms with Crippen molar-refractivity contribution in [3.8, 4) is 0 Å². The number of anilines is 1. The van der Waals surface area contributed by atoms with Crippen LogP contribution in [-0.2, 0) is 4.74 Å². The van der Waals surface area contributed by atoms with E-state index in [4.69, 9.17) is 4.74 Å². The molecule has 116 valence electrons. The first-order valence-corrected chi connectivity index (χ1v) is 8.13. The highest BCUT2D eigenvalue weighted by atomic mass is 32.1. The van der Waals surface area contributed by atoms with Crippen molar-refractivity contribution >= 4 is 28.9 Å². The summed E-state index contributed by atoms with van der Waals surface area (Å²) in [5.41, 5.74) is 1.77. The van der Waals surface area contributed by atoms with E-state index < -0.39 is 5.97 Å². The first-order chi connectivity index (χ1) is 10.6. The van der Waals surface area contributed by atoms with E-state index in [1.807, 2.05) is 25.3 Å². The lowest BCUT2D eigenvalue weighted by Crippen LogP contribution is -2.15. The number of benzene rings is 1. The number of hydrogen-bond donors (Lipinski definition) is 1. The highest BCUT2D eigenvalue weighted by molar-refractivity contribution is 7.12. The molecule has 0 saturated heterocycles. The first kappa shape index (κ1) is 16.2. The highest BCUT2D eigenvalue weighted by Crippen LogP contribution is 2.21. The second-order valence-electron chi connectivity index (χ2n) is 4.92. The van der Waals surface area contributed by atoms with Gasteiger partial charge in [-0.15, -0.1) is 11.3 Å². The van der Waals surface area contributed by atoms with Gasteiger partial charge in [0.2, 0.25) is 0 Å². The molecule has 2 rings (SSSR count). The van der Waals surface area contributed by atoms with Gasteiger partial charge in [-0.05, 0) is 42.5 Å². The smallest absolute Gasteiger partial charge is 0.340 e. The molecule has 0 unspecified atom stereocenters. The van der Waals surface area contributed by atoms with Crippen LogP contribution in [0.5, 0.6) is 0 Å². The summed E-state index contributed by atoms with van der Waals surface area (Å²) in [5, 5.41) is 4.67. The molecule has 0 spiro atoms. The third-order valence-electron chi connectivity index (χ3n) is 3.19. The van der Waals surface area contributed by atoms with Crippen molar-refractivity contribution in [2.75, 3.05) is 11.9 Å². The van der Waals surface area contributed by atoms with E-state index in [1.54, 1.807) is 24.3 Å². The summed E-state index contributed by atoms with van der Waals surface area (Å²) < 4.78 is 5.22. The van der Waals surface area contributed by atoms with Gasteiger partial charge in [-0.2, -0.15) is 0 Å². The maximum atomic E-state index is 12.3. The molecule has 1 amide bonds. The Morgan fingerprint density at radius 3 is 2.68 bits per heavy atom. The number of amides is 1. The average molecular weight is 317 g/mol. The Hall–Kier alpha value is -2.14. The zero-order valence-electron chi connectivity index (χ0n) is 12.7. The third-order valence-corrected chi connectivity index (χ3v) is 4.21. The second kappa shape index (κ2) is 7.75. The molecule has 0 bridgehead atoms. The van der Waals surface area contributed by atoms with Crippen LogP contribution in [0.4, 0.5) is 5.69 Å². The van der Waals surface area contributed by atoms with E-state index >= 15 is 0 Å². The number of nitrogens with one attached hydrogen (secondary N) is 1. The largest absolute Gasteiger partial charge is 0.462 e. The number of esters is 1. The number of carbonyl (C=O) groups excluding carboxylic acids is 2. The average Bonchev–Trinajstić information content (AvgIpc) is 2.94. The van der Waals surface area contributed by atoms with Crippen LogP contribution < -0.4 is 5.32 Å². The molecule has 0 atom stereocenters. The molecule has 0 saturated carbocycles.